The second-order valence-corrected chi connectivity index (χ2v) is 8.25. The minimum Gasteiger partial charge on any atom is -0.381 e. The van der Waals surface area contributed by atoms with Gasteiger partial charge < -0.3 is 10.1 Å². The summed E-state index contributed by atoms with van der Waals surface area (Å²) in [4.78, 5) is 14.4. The number of aromatic nitrogens is 2. The number of ether oxygens (including phenoxy) is 1. The summed E-state index contributed by atoms with van der Waals surface area (Å²) in [7, 11) is 0. The zero-order valence-electron chi connectivity index (χ0n) is 14.0. The Morgan fingerprint density at radius 1 is 1.27 bits per heavy atom. The highest BCUT2D eigenvalue weighted by Crippen LogP contribution is 2.29. The quantitative estimate of drug-likeness (QED) is 0.638. The first kappa shape index (κ1) is 17.5. The lowest BCUT2D eigenvalue weighted by atomic mass is 10.1. The summed E-state index contributed by atoms with van der Waals surface area (Å²) in [5, 5.41) is 7.31. The molecule has 1 saturated heterocycles. The molecule has 5 nitrogen and oxygen atoms in total. The molecule has 0 bridgehead atoms. The summed E-state index contributed by atoms with van der Waals surface area (Å²) in [5.41, 5.74) is 1.10. The van der Waals surface area contributed by atoms with Gasteiger partial charge in [-0.3, -0.25) is 4.79 Å². The molecular formula is C19H18BrN3O2S. The third-order valence-electron chi connectivity index (χ3n) is 4.37. The van der Waals surface area contributed by atoms with Crippen LogP contribution >= 0.6 is 27.3 Å². The number of halogens is 1. The van der Waals surface area contributed by atoms with Gasteiger partial charge in [-0.25, -0.2) is 4.68 Å². The van der Waals surface area contributed by atoms with Crippen molar-refractivity contribution in [1.82, 2.24) is 9.78 Å². The van der Waals surface area contributed by atoms with Crippen molar-refractivity contribution >= 4 is 39.0 Å². The van der Waals surface area contributed by atoms with Crippen molar-refractivity contribution in [3.63, 3.8) is 0 Å². The van der Waals surface area contributed by atoms with E-state index in [1.165, 1.54) is 11.3 Å². The van der Waals surface area contributed by atoms with Gasteiger partial charge in [-0.15, -0.1) is 11.3 Å². The van der Waals surface area contributed by atoms with E-state index in [0.29, 0.717) is 10.8 Å². The molecule has 134 valence electrons. The first-order valence-corrected chi connectivity index (χ1v) is 10.1. The fraction of sp³-hybridized carbons (Fsp3) is 0.263. The third kappa shape index (κ3) is 3.90. The SMILES string of the molecule is O=C(Nc1ccnn1C[C@H]1CCOC1)c1ccc(-c2ccc(Br)cc2)s1. The molecule has 0 saturated carbocycles. The van der Waals surface area contributed by atoms with Crippen molar-refractivity contribution in [2.75, 3.05) is 18.5 Å². The Morgan fingerprint density at radius 2 is 2.12 bits per heavy atom. The summed E-state index contributed by atoms with van der Waals surface area (Å²) < 4.78 is 8.30. The van der Waals surface area contributed by atoms with Crippen molar-refractivity contribution in [3.8, 4) is 10.4 Å². The monoisotopic (exact) mass is 431 g/mol. The van der Waals surface area contributed by atoms with Crippen LogP contribution in [0.25, 0.3) is 10.4 Å². The van der Waals surface area contributed by atoms with Crippen LogP contribution < -0.4 is 5.32 Å². The molecule has 1 fully saturated rings. The molecular weight excluding hydrogens is 414 g/mol. The largest absolute Gasteiger partial charge is 0.381 e. The van der Waals surface area contributed by atoms with Crippen LogP contribution in [0, 0.1) is 5.92 Å². The van der Waals surface area contributed by atoms with Gasteiger partial charge in [0.15, 0.2) is 0 Å². The molecule has 4 rings (SSSR count). The van der Waals surface area contributed by atoms with Crippen molar-refractivity contribution in [2.45, 2.75) is 13.0 Å². The van der Waals surface area contributed by atoms with Crippen molar-refractivity contribution in [1.29, 1.82) is 0 Å². The van der Waals surface area contributed by atoms with Gasteiger partial charge in [0.1, 0.15) is 5.82 Å². The summed E-state index contributed by atoms with van der Waals surface area (Å²) >= 11 is 4.92. The van der Waals surface area contributed by atoms with E-state index in [9.17, 15) is 4.79 Å². The van der Waals surface area contributed by atoms with Gasteiger partial charge in [0, 0.05) is 34.5 Å². The van der Waals surface area contributed by atoms with Gasteiger partial charge in [0.25, 0.3) is 5.91 Å². The molecule has 0 spiro atoms. The van der Waals surface area contributed by atoms with E-state index < -0.39 is 0 Å². The van der Waals surface area contributed by atoms with E-state index in [1.807, 2.05) is 47.1 Å². The van der Waals surface area contributed by atoms with Crippen LogP contribution in [0.3, 0.4) is 0 Å². The fourth-order valence-electron chi connectivity index (χ4n) is 2.96. The Balaban J connectivity index is 1.46. The third-order valence-corrected chi connectivity index (χ3v) is 6.03. The molecule has 26 heavy (non-hydrogen) atoms. The van der Waals surface area contributed by atoms with Gasteiger partial charge in [0.2, 0.25) is 0 Å². The number of hydrogen-bond acceptors (Lipinski definition) is 4. The Hall–Kier alpha value is -1.96. The highest BCUT2D eigenvalue weighted by atomic mass is 79.9. The molecule has 1 atom stereocenters. The minimum atomic E-state index is -0.109. The Kier molecular flexibility index (Phi) is 5.19. The highest BCUT2D eigenvalue weighted by molar-refractivity contribution is 9.10. The molecule has 3 heterocycles. The maximum absolute atomic E-state index is 12.6. The average molecular weight is 432 g/mol. The lowest BCUT2D eigenvalue weighted by Crippen LogP contribution is -2.18. The second-order valence-electron chi connectivity index (χ2n) is 6.25. The van der Waals surface area contributed by atoms with E-state index in [1.54, 1.807) is 6.20 Å². The predicted molar refractivity (Wildman–Crippen MR) is 107 cm³/mol. The number of amides is 1. The van der Waals surface area contributed by atoms with Gasteiger partial charge in [-0.2, -0.15) is 5.10 Å². The molecule has 1 amide bonds. The van der Waals surface area contributed by atoms with E-state index in [2.05, 4.69) is 26.3 Å². The van der Waals surface area contributed by atoms with Crippen LogP contribution in [-0.4, -0.2) is 28.9 Å². The van der Waals surface area contributed by atoms with Crippen molar-refractivity contribution in [2.24, 2.45) is 5.92 Å². The zero-order chi connectivity index (χ0) is 17.9. The molecule has 0 unspecified atom stereocenters. The molecule has 2 aromatic heterocycles. The average Bonchev–Trinajstić information content (AvgIpc) is 3.38. The molecule has 7 heteroatoms. The standard InChI is InChI=1S/C19H18BrN3O2S/c20-15-3-1-14(2-4-15)16-5-6-17(26-16)19(24)22-18-7-9-21-23(18)11-13-8-10-25-12-13/h1-7,9,13H,8,10-12H2,(H,22,24)/t13-/m1/s1. The van der Waals surface area contributed by atoms with Crippen molar-refractivity contribution < 1.29 is 9.53 Å². The smallest absolute Gasteiger partial charge is 0.266 e. The number of nitrogens with one attached hydrogen (secondary N) is 1. The molecule has 0 radical (unpaired) electrons. The van der Waals surface area contributed by atoms with E-state index >= 15 is 0 Å². The lowest BCUT2D eigenvalue weighted by molar-refractivity contribution is 0.102. The number of nitrogens with zero attached hydrogens (tertiary/aromatic N) is 2. The van der Waals surface area contributed by atoms with Crippen LogP contribution in [0.5, 0.6) is 0 Å². The van der Waals surface area contributed by atoms with Crippen LogP contribution in [0.4, 0.5) is 5.82 Å². The number of carbonyl (C=O) groups excluding carboxylic acids is 1. The normalized spacial score (nSPS) is 16.7. The number of anilines is 1. The number of rotatable bonds is 5. The van der Waals surface area contributed by atoms with Gasteiger partial charge in [0.05, 0.1) is 17.7 Å². The number of hydrogen-bond donors (Lipinski definition) is 1. The Labute approximate surface area is 164 Å². The lowest BCUT2D eigenvalue weighted by Gasteiger charge is -2.11. The number of carbonyl (C=O) groups is 1. The minimum absolute atomic E-state index is 0.109. The number of thiophene rings is 1. The predicted octanol–water partition coefficient (Wildman–Crippen LogP) is 4.66. The Bertz CT molecular complexity index is 898. The fourth-order valence-corrected chi connectivity index (χ4v) is 4.13. The highest BCUT2D eigenvalue weighted by Gasteiger charge is 2.19. The second kappa shape index (κ2) is 7.73. The van der Waals surface area contributed by atoms with Crippen LogP contribution in [0.2, 0.25) is 0 Å². The van der Waals surface area contributed by atoms with Gasteiger partial charge >= 0.3 is 0 Å². The van der Waals surface area contributed by atoms with Crippen LogP contribution in [0.15, 0.2) is 53.1 Å². The topological polar surface area (TPSA) is 56.2 Å². The molecule has 0 aliphatic carbocycles. The maximum atomic E-state index is 12.6. The van der Waals surface area contributed by atoms with Gasteiger partial charge in [-0.1, -0.05) is 28.1 Å². The molecule has 1 aliphatic rings. The van der Waals surface area contributed by atoms with Crippen molar-refractivity contribution in [3.05, 3.63) is 58.0 Å². The summed E-state index contributed by atoms with van der Waals surface area (Å²) in [6.45, 7) is 2.33. The zero-order valence-corrected chi connectivity index (χ0v) is 16.4. The molecule has 1 aliphatic heterocycles. The van der Waals surface area contributed by atoms with E-state index in [-0.39, 0.29) is 5.91 Å². The van der Waals surface area contributed by atoms with E-state index in [0.717, 1.165) is 46.9 Å². The van der Waals surface area contributed by atoms with Gasteiger partial charge in [-0.05, 0) is 36.2 Å². The summed E-state index contributed by atoms with van der Waals surface area (Å²) in [6.07, 6.45) is 2.75. The summed E-state index contributed by atoms with van der Waals surface area (Å²) in [6, 6.07) is 13.8. The molecule has 1 N–H and O–H groups in total. The number of benzene rings is 1. The summed E-state index contributed by atoms with van der Waals surface area (Å²) in [5.74, 6) is 1.07. The first-order valence-electron chi connectivity index (χ1n) is 8.46. The molecule has 3 aromatic rings. The van der Waals surface area contributed by atoms with Crippen LogP contribution in [-0.2, 0) is 11.3 Å². The first-order chi connectivity index (χ1) is 12.7. The maximum Gasteiger partial charge on any atom is 0.266 e. The Morgan fingerprint density at radius 3 is 2.88 bits per heavy atom. The van der Waals surface area contributed by atoms with Crippen LogP contribution in [0.1, 0.15) is 16.1 Å². The molecule has 1 aromatic carbocycles. The van der Waals surface area contributed by atoms with E-state index in [4.69, 9.17) is 4.74 Å².